The van der Waals surface area contributed by atoms with Gasteiger partial charge in [0.1, 0.15) is 11.8 Å². The van der Waals surface area contributed by atoms with Crippen molar-refractivity contribution in [3.63, 3.8) is 0 Å². The number of rotatable bonds is 9. The Kier molecular flexibility index (Phi) is 9.50. The largest absolute Gasteiger partial charge is 0.493 e. The van der Waals surface area contributed by atoms with Crippen LogP contribution in [-0.2, 0) is 31.8 Å². The molecule has 3 heterocycles. The van der Waals surface area contributed by atoms with Crippen molar-refractivity contribution in [1.29, 1.82) is 0 Å². The van der Waals surface area contributed by atoms with Crippen LogP contribution in [-0.4, -0.2) is 54.3 Å². The Balaban J connectivity index is 1.40. The molecule has 2 aliphatic heterocycles. The van der Waals surface area contributed by atoms with Gasteiger partial charge >= 0.3 is 17.0 Å². The number of imide groups is 1. The lowest BCUT2D eigenvalue weighted by atomic mass is 9.83. The Morgan fingerprint density at radius 2 is 1.62 bits per heavy atom. The molecule has 11 nitrogen and oxygen atoms in total. The van der Waals surface area contributed by atoms with Crippen LogP contribution in [0.15, 0.2) is 76.6 Å². The minimum Gasteiger partial charge on any atom is -0.493 e. The monoisotopic (exact) mass is 727 g/mol. The summed E-state index contributed by atoms with van der Waals surface area (Å²) in [5.74, 6) is -3.72. The van der Waals surface area contributed by atoms with E-state index in [1.54, 1.807) is 25.1 Å². The van der Waals surface area contributed by atoms with E-state index in [-0.39, 0.29) is 22.9 Å². The molecule has 0 radical (unpaired) electrons. The van der Waals surface area contributed by atoms with Crippen LogP contribution in [0, 0.1) is 5.92 Å². The van der Waals surface area contributed by atoms with E-state index in [0.717, 1.165) is 44.7 Å². The van der Waals surface area contributed by atoms with Gasteiger partial charge in [-0.15, -0.1) is 0 Å². The van der Waals surface area contributed by atoms with Gasteiger partial charge in [0.2, 0.25) is 17.7 Å². The fourth-order valence-corrected chi connectivity index (χ4v) is 8.82. The molecule has 0 saturated carbocycles. The zero-order valence-corrected chi connectivity index (χ0v) is 28.2. The number of carbonyl (C=O) groups is 4. The number of nitrogens with one attached hydrogen (secondary N) is 1. The molecular formula is C34H28F3N3O8S2. The number of alkyl halides is 3. The number of esters is 1. The predicted octanol–water partition coefficient (Wildman–Crippen LogP) is 5.56. The Bertz CT molecular complexity index is 2060. The third kappa shape index (κ3) is 6.24. The van der Waals surface area contributed by atoms with Crippen LogP contribution in [0.25, 0.3) is 0 Å². The minimum absolute atomic E-state index is 0.166. The fourth-order valence-electron chi connectivity index (χ4n) is 6.05. The molecule has 1 saturated heterocycles. The number of halogens is 3. The Labute approximate surface area is 290 Å². The average molecular weight is 728 g/mol. The summed E-state index contributed by atoms with van der Waals surface area (Å²) in [4.78, 5) is 68.0. The van der Waals surface area contributed by atoms with Crippen LogP contribution in [0.1, 0.15) is 39.2 Å². The molecule has 50 heavy (non-hydrogen) atoms. The molecule has 0 spiro atoms. The van der Waals surface area contributed by atoms with Crippen molar-refractivity contribution in [2.24, 2.45) is 5.92 Å². The number of thiazole rings is 1. The molecule has 260 valence electrons. The normalized spacial score (nSPS) is 18.4. The topological polar surface area (TPSA) is 133 Å². The SMILES string of the molecule is CCOC(=O)c1ccc(N2C(=O)[C@H]3[C@H](c4ccc(OC)c(OC)c4)c4sc(=O)n(CC(=O)Nc5ccccc5C(F)(F)F)c4S[C@H]3C2=O)cc1. The van der Waals surface area contributed by atoms with E-state index in [1.165, 1.54) is 50.6 Å². The van der Waals surface area contributed by atoms with Gasteiger partial charge in [-0.2, -0.15) is 13.2 Å². The average Bonchev–Trinajstić information content (AvgIpc) is 3.53. The van der Waals surface area contributed by atoms with Crippen LogP contribution in [0.3, 0.4) is 0 Å². The van der Waals surface area contributed by atoms with E-state index < -0.39 is 69.6 Å². The van der Waals surface area contributed by atoms with Crippen molar-refractivity contribution >= 4 is 58.2 Å². The van der Waals surface area contributed by atoms with Gasteiger partial charge in [0.15, 0.2) is 11.5 Å². The van der Waals surface area contributed by atoms with E-state index in [1.807, 2.05) is 0 Å². The number of aromatic nitrogens is 1. The summed E-state index contributed by atoms with van der Waals surface area (Å²) < 4.78 is 57.8. The number of anilines is 2. The Morgan fingerprint density at radius 3 is 2.28 bits per heavy atom. The zero-order valence-electron chi connectivity index (χ0n) is 26.6. The fraction of sp³-hybridized carbons (Fsp3) is 0.265. The summed E-state index contributed by atoms with van der Waals surface area (Å²) in [6, 6.07) is 15.2. The second-order valence-corrected chi connectivity index (χ2v) is 13.3. The third-order valence-electron chi connectivity index (χ3n) is 8.26. The number of para-hydroxylation sites is 1. The van der Waals surface area contributed by atoms with Gasteiger partial charge < -0.3 is 19.5 Å². The Morgan fingerprint density at radius 1 is 0.920 bits per heavy atom. The van der Waals surface area contributed by atoms with Crippen molar-refractivity contribution in [3.8, 4) is 11.5 Å². The second kappa shape index (κ2) is 13.7. The number of carbonyl (C=O) groups excluding carboxylic acids is 4. The summed E-state index contributed by atoms with van der Waals surface area (Å²) in [5, 5.41) is 1.44. The van der Waals surface area contributed by atoms with Gasteiger partial charge in [-0.25, -0.2) is 9.69 Å². The van der Waals surface area contributed by atoms with Gasteiger partial charge in [0.05, 0.1) is 54.3 Å². The van der Waals surface area contributed by atoms with Gasteiger partial charge in [-0.3, -0.25) is 23.7 Å². The van der Waals surface area contributed by atoms with Gasteiger partial charge in [0.25, 0.3) is 0 Å². The molecular weight excluding hydrogens is 700 g/mol. The van der Waals surface area contributed by atoms with E-state index >= 15 is 0 Å². The highest BCUT2D eigenvalue weighted by Crippen LogP contribution is 2.54. The number of methoxy groups -OCH3 is 2. The van der Waals surface area contributed by atoms with Crippen LogP contribution in [0.5, 0.6) is 11.5 Å². The van der Waals surface area contributed by atoms with Crippen molar-refractivity contribution in [2.45, 2.75) is 35.8 Å². The van der Waals surface area contributed by atoms with Crippen molar-refractivity contribution < 1.29 is 46.6 Å². The molecule has 0 unspecified atom stereocenters. The number of nitrogens with zero attached hydrogens (tertiary/aromatic N) is 2. The Hall–Kier alpha value is -5.09. The first-order valence-corrected chi connectivity index (χ1v) is 16.8. The molecule has 3 amide bonds. The quantitative estimate of drug-likeness (QED) is 0.174. The number of amides is 3. The van der Waals surface area contributed by atoms with Crippen molar-refractivity contribution in [3.05, 3.63) is 98.0 Å². The number of benzene rings is 3. The number of hydrogen-bond acceptors (Lipinski definition) is 10. The molecule has 4 aromatic rings. The molecule has 1 aromatic heterocycles. The molecule has 1 fully saturated rings. The lowest BCUT2D eigenvalue weighted by molar-refractivity contribution is -0.137. The minimum atomic E-state index is -4.74. The highest BCUT2D eigenvalue weighted by Gasteiger charge is 2.57. The maximum absolute atomic E-state index is 14.2. The molecule has 2 aliphatic rings. The van der Waals surface area contributed by atoms with E-state index in [0.29, 0.717) is 21.9 Å². The third-order valence-corrected chi connectivity index (χ3v) is 10.9. The van der Waals surface area contributed by atoms with Gasteiger partial charge in [-0.05, 0) is 61.0 Å². The molecule has 3 atom stereocenters. The summed E-state index contributed by atoms with van der Waals surface area (Å²) in [7, 11) is 2.89. The standard InChI is InChI=1S/C34H28F3N3O8S2/c1-4-48-32(44)17-9-12-19(13-10-17)40-29(42)26-25(18-11-14-22(46-2)23(15-18)47-3)28-31(49-27(26)30(40)43)39(33(45)50-28)16-24(41)38-21-8-6-5-7-20(21)34(35,36)37/h5-15,25-27H,4,16H2,1-3H3,(H,38,41)/t25-,26-,27+/m0/s1. The number of ether oxygens (including phenoxy) is 3. The summed E-state index contributed by atoms with van der Waals surface area (Å²) in [6.07, 6.45) is -4.74. The van der Waals surface area contributed by atoms with Crippen LogP contribution in [0.2, 0.25) is 0 Å². The van der Waals surface area contributed by atoms with Gasteiger partial charge in [0, 0.05) is 10.8 Å². The first-order chi connectivity index (χ1) is 23.9. The molecule has 3 aromatic carbocycles. The smallest absolute Gasteiger partial charge is 0.418 e. The molecule has 0 aliphatic carbocycles. The van der Waals surface area contributed by atoms with Crippen molar-refractivity contribution in [2.75, 3.05) is 31.0 Å². The highest BCUT2D eigenvalue weighted by molar-refractivity contribution is 8.00. The zero-order chi connectivity index (χ0) is 35.9. The van der Waals surface area contributed by atoms with Gasteiger partial charge in [-0.1, -0.05) is 41.3 Å². The molecule has 1 N–H and O–H groups in total. The lowest BCUT2D eigenvalue weighted by Gasteiger charge is -2.31. The van der Waals surface area contributed by atoms with Crippen molar-refractivity contribution in [1.82, 2.24) is 4.57 Å². The summed E-state index contributed by atoms with van der Waals surface area (Å²) >= 11 is 1.72. The number of fused-ring (bicyclic) bond motifs is 2. The molecule has 16 heteroatoms. The highest BCUT2D eigenvalue weighted by atomic mass is 32.2. The van der Waals surface area contributed by atoms with Crippen LogP contribution in [0.4, 0.5) is 24.5 Å². The number of hydrogen-bond donors (Lipinski definition) is 1. The van der Waals surface area contributed by atoms with E-state index in [9.17, 15) is 37.1 Å². The van der Waals surface area contributed by atoms with E-state index in [2.05, 4.69) is 5.32 Å². The number of thioether (sulfide) groups is 1. The first-order valence-electron chi connectivity index (χ1n) is 15.1. The second-order valence-electron chi connectivity index (χ2n) is 11.2. The predicted molar refractivity (Wildman–Crippen MR) is 178 cm³/mol. The molecule has 0 bridgehead atoms. The summed E-state index contributed by atoms with van der Waals surface area (Å²) in [5.41, 5.74) is -0.551. The summed E-state index contributed by atoms with van der Waals surface area (Å²) in [6.45, 7) is 1.18. The van der Waals surface area contributed by atoms with Crippen LogP contribution < -0.4 is 24.6 Å². The maximum atomic E-state index is 14.2. The maximum Gasteiger partial charge on any atom is 0.418 e. The van der Waals surface area contributed by atoms with E-state index in [4.69, 9.17) is 14.2 Å². The first kappa shape index (κ1) is 34.8. The van der Waals surface area contributed by atoms with Crippen LogP contribution >= 0.6 is 23.1 Å². The lowest BCUT2D eigenvalue weighted by Crippen LogP contribution is -2.33. The molecule has 6 rings (SSSR count).